The minimum Gasteiger partial charge on any atom is -0.495 e. The Morgan fingerprint density at radius 1 is 1.19 bits per heavy atom. The summed E-state index contributed by atoms with van der Waals surface area (Å²) in [5.41, 5.74) is 3.77. The van der Waals surface area contributed by atoms with Crippen molar-refractivity contribution in [3.8, 4) is 11.5 Å². The molecular weight excluding hydrogens is 488 g/mol. The summed E-state index contributed by atoms with van der Waals surface area (Å²) in [6.45, 7) is 0. The molecule has 0 saturated heterocycles. The molecule has 1 unspecified atom stereocenters. The van der Waals surface area contributed by atoms with E-state index in [1.807, 2.05) is 18.2 Å². The van der Waals surface area contributed by atoms with Crippen LogP contribution in [0.1, 0.15) is 16.5 Å². The number of nitrogens with one attached hydrogen (secondary N) is 1. The highest BCUT2D eigenvalue weighted by Crippen LogP contribution is 2.44. The smallest absolute Gasteiger partial charge is 0.142 e. The first-order valence-electron chi connectivity index (χ1n) is 5.84. The quantitative estimate of drug-likeness (QED) is 0.465. The van der Waals surface area contributed by atoms with E-state index in [0.29, 0.717) is 11.5 Å². The molecule has 8 heteroatoms. The molecule has 1 heterocycles. The number of hydrogen-bond donors (Lipinski definition) is 2. The van der Waals surface area contributed by atoms with Crippen LogP contribution in [0.5, 0.6) is 11.5 Å². The second-order valence-electron chi connectivity index (χ2n) is 4.07. The standard InChI is InChI=1S/C13H13Br3N2O2S/c1-19-8-4-3-6(12(20-2)10(8)15)11(18-17)9-5-7(14)13(16)21-9/h3-5,11,18H,17H2,1-2H3. The van der Waals surface area contributed by atoms with Crippen LogP contribution >= 0.6 is 59.1 Å². The molecule has 0 aliphatic carbocycles. The maximum Gasteiger partial charge on any atom is 0.142 e. The summed E-state index contributed by atoms with van der Waals surface area (Å²) < 4.78 is 13.6. The van der Waals surface area contributed by atoms with E-state index in [9.17, 15) is 0 Å². The van der Waals surface area contributed by atoms with Gasteiger partial charge in [-0.3, -0.25) is 5.84 Å². The fourth-order valence-corrected chi connectivity index (χ4v) is 4.83. The van der Waals surface area contributed by atoms with E-state index < -0.39 is 0 Å². The molecule has 21 heavy (non-hydrogen) atoms. The average Bonchev–Trinajstić information content (AvgIpc) is 2.79. The maximum absolute atomic E-state index is 5.76. The van der Waals surface area contributed by atoms with Crippen LogP contribution in [0, 0.1) is 0 Å². The van der Waals surface area contributed by atoms with Gasteiger partial charge in [0.05, 0.1) is 24.0 Å². The Kier molecular flexibility index (Phi) is 6.10. The number of methoxy groups -OCH3 is 2. The Bertz CT molecular complexity index is 629. The second kappa shape index (κ2) is 7.43. The van der Waals surface area contributed by atoms with Gasteiger partial charge in [0.15, 0.2) is 0 Å². The number of benzene rings is 1. The Hall–Kier alpha value is -0.120. The van der Waals surface area contributed by atoms with Gasteiger partial charge in [-0.15, -0.1) is 11.3 Å². The lowest BCUT2D eigenvalue weighted by atomic mass is 10.0. The van der Waals surface area contributed by atoms with Crippen LogP contribution < -0.4 is 20.7 Å². The molecule has 0 radical (unpaired) electrons. The van der Waals surface area contributed by atoms with E-state index in [1.165, 1.54) is 0 Å². The van der Waals surface area contributed by atoms with Gasteiger partial charge in [0.2, 0.25) is 0 Å². The molecular formula is C13H13Br3N2O2S. The third-order valence-electron chi connectivity index (χ3n) is 2.94. The molecule has 2 aromatic rings. The zero-order chi connectivity index (χ0) is 15.6. The Labute approximate surface area is 152 Å². The highest BCUT2D eigenvalue weighted by Gasteiger charge is 2.23. The highest BCUT2D eigenvalue weighted by molar-refractivity contribution is 9.13. The fourth-order valence-electron chi connectivity index (χ4n) is 1.98. The third kappa shape index (κ3) is 3.46. The summed E-state index contributed by atoms with van der Waals surface area (Å²) in [6, 6.07) is 5.66. The van der Waals surface area contributed by atoms with Crippen molar-refractivity contribution in [2.75, 3.05) is 14.2 Å². The van der Waals surface area contributed by atoms with Gasteiger partial charge in [-0.05, 0) is 66.0 Å². The molecule has 0 amide bonds. The van der Waals surface area contributed by atoms with Crippen LogP contribution in [0.4, 0.5) is 0 Å². The number of hydrogen-bond acceptors (Lipinski definition) is 5. The van der Waals surface area contributed by atoms with Gasteiger partial charge in [-0.25, -0.2) is 5.43 Å². The predicted molar refractivity (Wildman–Crippen MR) is 96.1 cm³/mol. The van der Waals surface area contributed by atoms with E-state index in [1.54, 1.807) is 25.6 Å². The van der Waals surface area contributed by atoms with Gasteiger partial charge in [0.1, 0.15) is 16.0 Å². The molecule has 1 aromatic carbocycles. The highest BCUT2D eigenvalue weighted by atomic mass is 79.9. The van der Waals surface area contributed by atoms with Crippen LogP contribution in [-0.4, -0.2) is 14.2 Å². The molecule has 0 aliphatic rings. The van der Waals surface area contributed by atoms with Crippen molar-refractivity contribution in [3.05, 3.63) is 41.4 Å². The first-order valence-corrected chi connectivity index (χ1v) is 9.04. The molecule has 2 rings (SSSR count). The minimum absolute atomic E-state index is 0.185. The lowest BCUT2D eigenvalue weighted by molar-refractivity contribution is 0.383. The van der Waals surface area contributed by atoms with E-state index in [2.05, 4.69) is 53.2 Å². The summed E-state index contributed by atoms with van der Waals surface area (Å²) in [5.74, 6) is 7.17. The molecule has 1 aromatic heterocycles. The minimum atomic E-state index is -0.185. The monoisotopic (exact) mass is 498 g/mol. The maximum atomic E-state index is 5.76. The summed E-state index contributed by atoms with van der Waals surface area (Å²) in [5, 5.41) is 0. The SMILES string of the molecule is COc1ccc(C(NN)c2cc(Br)c(Br)s2)c(OC)c1Br. The zero-order valence-corrected chi connectivity index (χ0v) is 16.8. The summed E-state index contributed by atoms with van der Waals surface area (Å²) in [7, 11) is 3.24. The molecule has 4 nitrogen and oxygen atoms in total. The van der Waals surface area contributed by atoms with Crippen molar-refractivity contribution in [1.82, 2.24) is 5.43 Å². The van der Waals surface area contributed by atoms with Gasteiger partial charge >= 0.3 is 0 Å². The summed E-state index contributed by atoms with van der Waals surface area (Å²) in [6.07, 6.45) is 0. The lowest BCUT2D eigenvalue weighted by Crippen LogP contribution is -2.28. The number of halogens is 3. The molecule has 114 valence electrons. The Morgan fingerprint density at radius 3 is 2.38 bits per heavy atom. The largest absolute Gasteiger partial charge is 0.495 e. The number of hydrazine groups is 1. The first kappa shape index (κ1) is 17.2. The Balaban J connectivity index is 2.54. The van der Waals surface area contributed by atoms with Crippen LogP contribution in [0.25, 0.3) is 0 Å². The second-order valence-corrected chi connectivity index (χ2v) is 8.12. The van der Waals surface area contributed by atoms with E-state index >= 15 is 0 Å². The molecule has 0 fully saturated rings. The third-order valence-corrected chi connectivity index (χ3v) is 7.01. The van der Waals surface area contributed by atoms with Crippen molar-refractivity contribution in [1.29, 1.82) is 0 Å². The Morgan fingerprint density at radius 2 is 1.90 bits per heavy atom. The van der Waals surface area contributed by atoms with Crippen LogP contribution in [-0.2, 0) is 0 Å². The van der Waals surface area contributed by atoms with Crippen molar-refractivity contribution < 1.29 is 9.47 Å². The van der Waals surface area contributed by atoms with Gasteiger partial charge in [0, 0.05) is 14.9 Å². The first-order chi connectivity index (χ1) is 10.0. The molecule has 0 spiro atoms. The molecule has 0 bridgehead atoms. The van der Waals surface area contributed by atoms with Gasteiger partial charge in [-0.1, -0.05) is 0 Å². The van der Waals surface area contributed by atoms with Gasteiger partial charge in [0.25, 0.3) is 0 Å². The number of thiophene rings is 1. The molecule has 3 N–H and O–H groups in total. The number of nitrogens with two attached hydrogens (primary N) is 1. The molecule has 0 saturated carbocycles. The van der Waals surface area contributed by atoms with Crippen molar-refractivity contribution in [2.45, 2.75) is 6.04 Å². The number of ether oxygens (including phenoxy) is 2. The molecule has 1 atom stereocenters. The van der Waals surface area contributed by atoms with Crippen molar-refractivity contribution in [2.24, 2.45) is 5.84 Å². The normalized spacial score (nSPS) is 12.3. The van der Waals surface area contributed by atoms with Crippen LogP contribution in [0.2, 0.25) is 0 Å². The van der Waals surface area contributed by atoms with E-state index in [4.69, 9.17) is 15.3 Å². The summed E-state index contributed by atoms with van der Waals surface area (Å²) >= 11 is 12.1. The lowest BCUT2D eigenvalue weighted by Gasteiger charge is -2.20. The number of rotatable bonds is 5. The van der Waals surface area contributed by atoms with Crippen LogP contribution in [0.3, 0.4) is 0 Å². The van der Waals surface area contributed by atoms with Gasteiger partial charge < -0.3 is 9.47 Å². The topological polar surface area (TPSA) is 56.5 Å². The predicted octanol–water partition coefficient (Wildman–Crippen LogP) is 4.61. The van der Waals surface area contributed by atoms with E-state index in [-0.39, 0.29) is 6.04 Å². The van der Waals surface area contributed by atoms with Crippen molar-refractivity contribution in [3.63, 3.8) is 0 Å². The van der Waals surface area contributed by atoms with Crippen LogP contribution in [0.15, 0.2) is 30.9 Å². The fraction of sp³-hybridized carbons (Fsp3) is 0.231. The van der Waals surface area contributed by atoms with Crippen molar-refractivity contribution >= 4 is 59.1 Å². The molecule has 0 aliphatic heterocycles. The summed E-state index contributed by atoms with van der Waals surface area (Å²) in [4.78, 5) is 1.06. The average molecular weight is 501 g/mol. The van der Waals surface area contributed by atoms with Gasteiger partial charge in [-0.2, -0.15) is 0 Å². The zero-order valence-electron chi connectivity index (χ0n) is 11.2. The van der Waals surface area contributed by atoms with E-state index in [0.717, 1.165) is 23.2 Å².